The van der Waals surface area contributed by atoms with Gasteiger partial charge in [-0.25, -0.2) is 0 Å². The first-order chi connectivity index (χ1) is 7.69. The summed E-state index contributed by atoms with van der Waals surface area (Å²) in [7, 11) is 1.80. The normalized spacial score (nSPS) is 24.0. The molecule has 0 heterocycles. The fraction of sp³-hybridized carbons (Fsp3) is 1.00. The second kappa shape index (κ2) is 7.29. The Labute approximate surface area is 101 Å². The molecule has 0 aromatic rings. The Kier molecular flexibility index (Phi) is 6.37. The van der Waals surface area contributed by atoms with Crippen LogP contribution in [0.1, 0.15) is 59.3 Å². The first kappa shape index (κ1) is 14.0. The van der Waals surface area contributed by atoms with Gasteiger partial charge >= 0.3 is 0 Å². The van der Waals surface area contributed by atoms with Crippen molar-refractivity contribution in [2.45, 2.75) is 77.5 Å². The highest BCUT2D eigenvalue weighted by Crippen LogP contribution is 2.28. The molecule has 1 aliphatic carbocycles. The lowest BCUT2D eigenvalue weighted by Gasteiger charge is -2.34. The lowest BCUT2D eigenvalue weighted by Crippen LogP contribution is -2.46. The van der Waals surface area contributed by atoms with E-state index >= 15 is 0 Å². The van der Waals surface area contributed by atoms with Crippen LogP contribution in [0.15, 0.2) is 0 Å². The van der Waals surface area contributed by atoms with E-state index in [2.05, 4.69) is 26.1 Å². The molecule has 96 valence electrons. The SMILES string of the molecule is CCC(NC(C)C(C)OC)C1CCCCC1. The summed E-state index contributed by atoms with van der Waals surface area (Å²) in [5.74, 6) is 0.894. The standard InChI is InChI=1S/C14H29NO/c1-5-14(13-9-7-6-8-10-13)15-11(2)12(3)16-4/h11-15H,5-10H2,1-4H3. The highest BCUT2D eigenvalue weighted by molar-refractivity contribution is 4.82. The maximum Gasteiger partial charge on any atom is 0.0693 e. The number of hydrogen-bond donors (Lipinski definition) is 1. The van der Waals surface area contributed by atoms with Crippen molar-refractivity contribution in [3.63, 3.8) is 0 Å². The molecule has 1 fully saturated rings. The van der Waals surface area contributed by atoms with Crippen LogP contribution in [0.4, 0.5) is 0 Å². The van der Waals surface area contributed by atoms with E-state index in [0.29, 0.717) is 18.2 Å². The van der Waals surface area contributed by atoms with Gasteiger partial charge in [0, 0.05) is 19.2 Å². The third-order valence-electron chi connectivity index (χ3n) is 4.21. The molecular weight excluding hydrogens is 198 g/mol. The van der Waals surface area contributed by atoms with Crippen molar-refractivity contribution in [2.75, 3.05) is 7.11 Å². The van der Waals surface area contributed by atoms with Crippen molar-refractivity contribution in [3.8, 4) is 0 Å². The zero-order valence-corrected chi connectivity index (χ0v) is 11.5. The van der Waals surface area contributed by atoms with Crippen LogP contribution in [0.3, 0.4) is 0 Å². The molecule has 0 aliphatic heterocycles. The van der Waals surface area contributed by atoms with Crippen LogP contribution in [-0.2, 0) is 4.74 Å². The van der Waals surface area contributed by atoms with Crippen molar-refractivity contribution in [2.24, 2.45) is 5.92 Å². The van der Waals surface area contributed by atoms with Crippen molar-refractivity contribution in [1.29, 1.82) is 0 Å². The molecular formula is C14H29NO. The highest BCUT2D eigenvalue weighted by atomic mass is 16.5. The average molecular weight is 227 g/mol. The number of rotatable bonds is 6. The summed E-state index contributed by atoms with van der Waals surface area (Å²) in [6, 6.07) is 1.14. The minimum absolute atomic E-state index is 0.303. The summed E-state index contributed by atoms with van der Waals surface area (Å²) >= 11 is 0. The van der Waals surface area contributed by atoms with E-state index in [1.54, 1.807) is 7.11 Å². The number of nitrogens with one attached hydrogen (secondary N) is 1. The molecule has 0 amide bonds. The van der Waals surface area contributed by atoms with Gasteiger partial charge in [-0.2, -0.15) is 0 Å². The number of hydrogen-bond acceptors (Lipinski definition) is 2. The summed E-state index contributed by atoms with van der Waals surface area (Å²) in [5, 5.41) is 3.76. The van der Waals surface area contributed by atoms with Crippen LogP contribution in [0.25, 0.3) is 0 Å². The second-order valence-electron chi connectivity index (χ2n) is 5.31. The third-order valence-corrected chi connectivity index (χ3v) is 4.21. The van der Waals surface area contributed by atoms with Gasteiger partial charge in [0.05, 0.1) is 6.10 Å². The topological polar surface area (TPSA) is 21.3 Å². The van der Waals surface area contributed by atoms with Crippen molar-refractivity contribution in [3.05, 3.63) is 0 Å². The number of methoxy groups -OCH3 is 1. The minimum atomic E-state index is 0.303. The molecule has 0 spiro atoms. The Morgan fingerprint density at radius 3 is 2.31 bits per heavy atom. The molecule has 3 unspecified atom stereocenters. The second-order valence-corrected chi connectivity index (χ2v) is 5.31. The van der Waals surface area contributed by atoms with E-state index in [9.17, 15) is 0 Å². The Bertz CT molecular complexity index is 178. The summed E-state index contributed by atoms with van der Waals surface area (Å²) in [4.78, 5) is 0. The van der Waals surface area contributed by atoms with Crippen LogP contribution >= 0.6 is 0 Å². The van der Waals surface area contributed by atoms with E-state index < -0.39 is 0 Å². The van der Waals surface area contributed by atoms with Crippen LogP contribution in [0, 0.1) is 5.92 Å². The molecule has 0 aromatic carbocycles. The van der Waals surface area contributed by atoms with Crippen LogP contribution in [0.5, 0.6) is 0 Å². The molecule has 0 saturated heterocycles. The zero-order chi connectivity index (χ0) is 12.0. The zero-order valence-electron chi connectivity index (χ0n) is 11.5. The molecule has 0 aromatic heterocycles. The van der Waals surface area contributed by atoms with Gasteiger partial charge in [-0.05, 0) is 39.0 Å². The van der Waals surface area contributed by atoms with Gasteiger partial charge < -0.3 is 10.1 Å². The molecule has 2 nitrogen and oxygen atoms in total. The van der Waals surface area contributed by atoms with E-state index in [-0.39, 0.29) is 0 Å². The lowest BCUT2D eigenvalue weighted by atomic mass is 9.82. The quantitative estimate of drug-likeness (QED) is 0.751. The van der Waals surface area contributed by atoms with Gasteiger partial charge in [0.15, 0.2) is 0 Å². The molecule has 0 bridgehead atoms. The fourth-order valence-electron chi connectivity index (χ4n) is 2.80. The van der Waals surface area contributed by atoms with Gasteiger partial charge in [0.1, 0.15) is 0 Å². The van der Waals surface area contributed by atoms with Crippen molar-refractivity contribution in [1.82, 2.24) is 5.32 Å². The van der Waals surface area contributed by atoms with Gasteiger partial charge in [-0.1, -0.05) is 26.2 Å². The molecule has 1 N–H and O–H groups in total. The van der Waals surface area contributed by atoms with Crippen molar-refractivity contribution < 1.29 is 4.74 Å². The predicted molar refractivity (Wildman–Crippen MR) is 69.7 cm³/mol. The minimum Gasteiger partial charge on any atom is -0.380 e. The largest absolute Gasteiger partial charge is 0.380 e. The predicted octanol–water partition coefficient (Wildman–Crippen LogP) is 3.36. The Hall–Kier alpha value is -0.0800. The van der Waals surface area contributed by atoms with Gasteiger partial charge in [0.25, 0.3) is 0 Å². The summed E-state index contributed by atoms with van der Waals surface area (Å²) < 4.78 is 5.38. The number of ether oxygens (including phenoxy) is 1. The fourth-order valence-corrected chi connectivity index (χ4v) is 2.80. The summed E-state index contributed by atoms with van der Waals surface area (Å²) in [6.07, 6.45) is 8.67. The molecule has 1 aliphatic rings. The molecule has 16 heavy (non-hydrogen) atoms. The summed E-state index contributed by atoms with van der Waals surface area (Å²) in [5.41, 5.74) is 0. The van der Waals surface area contributed by atoms with E-state index in [1.165, 1.54) is 38.5 Å². The Morgan fingerprint density at radius 2 is 1.81 bits per heavy atom. The molecule has 3 atom stereocenters. The third kappa shape index (κ3) is 4.06. The first-order valence-electron chi connectivity index (χ1n) is 6.97. The highest BCUT2D eigenvalue weighted by Gasteiger charge is 2.24. The van der Waals surface area contributed by atoms with E-state index in [1.807, 2.05) is 0 Å². The lowest BCUT2D eigenvalue weighted by molar-refractivity contribution is 0.0780. The Morgan fingerprint density at radius 1 is 1.19 bits per heavy atom. The summed E-state index contributed by atoms with van der Waals surface area (Å²) in [6.45, 7) is 6.68. The smallest absolute Gasteiger partial charge is 0.0693 e. The molecule has 1 rings (SSSR count). The maximum atomic E-state index is 5.38. The van der Waals surface area contributed by atoms with Crippen LogP contribution < -0.4 is 5.32 Å². The van der Waals surface area contributed by atoms with E-state index in [0.717, 1.165) is 5.92 Å². The van der Waals surface area contributed by atoms with Crippen molar-refractivity contribution >= 4 is 0 Å². The maximum absolute atomic E-state index is 5.38. The van der Waals surface area contributed by atoms with Gasteiger partial charge in [-0.3, -0.25) is 0 Å². The van der Waals surface area contributed by atoms with Crippen LogP contribution in [0.2, 0.25) is 0 Å². The van der Waals surface area contributed by atoms with Gasteiger partial charge in [0.2, 0.25) is 0 Å². The molecule has 0 radical (unpaired) electrons. The van der Waals surface area contributed by atoms with Gasteiger partial charge in [-0.15, -0.1) is 0 Å². The monoisotopic (exact) mass is 227 g/mol. The average Bonchev–Trinajstić information content (AvgIpc) is 2.35. The van der Waals surface area contributed by atoms with Crippen LogP contribution in [-0.4, -0.2) is 25.3 Å². The molecule has 2 heteroatoms. The van der Waals surface area contributed by atoms with E-state index in [4.69, 9.17) is 4.74 Å². The molecule has 1 saturated carbocycles. The first-order valence-corrected chi connectivity index (χ1v) is 6.97. The Balaban J connectivity index is 2.40.